The predicted octanol–water partition coefficient (Wildman–Crippen LogP) is 4.52. The van der Waals surface area contributed by atoms with E-state index in [1.54, 1.807) is 19.9 Å². The Bertz CT molecular complexity index is 611. The lowest BCUT2D eigenvalue weighted by Gasteiger charge is -2.10. The van der Waals surface area contributed by atoms with Crippen LogP contribution < -0.4 is 0 Å². The Morgan fingerprint density at radius 2 is 1.74 bits per heavy atom. The highest BCUT2D eigenvalue weighted by molar-refractivity contribution is 6.31. The average molecular weight is 277 g/mol. The molecule has 0 spiro atoms. The topological polar surface area (TPSA) is 17.1 Å². The van der Waals surface area contributed by atoms with E-state index in [1.807, 2.05) is 18.2 Å². The van der Waals surface area contributed by atoms with Gasteiger partial charge in [0.2, 0.25) is 0 Å². The maximum absolute atomic E-state index is 13.2. The summed E-state index contributed by atoms with van der Waals surface area (Å²) in [6.07, 6.45) is 0.229. The van der Waals surface area contributed by atoms with Crippen LogP contribution in [0.1, 0.15) is 27.0 Å². The minimum atomic E-state index is -0.315. The van der Waals surface area contributed by atoms with Gasteiger partial charge >= 0.3 is 0 Å². The third-order valence-electron chi connectivity index (χ3n) is 3.09. The molecule has 19 heavy (non-hydrogen) atoms. The molecule has 0 N–H and O–H groups in total. The second-order valence-corrected chi connectivity index (χ2v) is 5.01. The minimum absolute atomic E-state index is 0.0388. The fourth-order valence-electron chi connectivity index (χ4n) is 2.25. The van der Waals surface area contributed by atoms with Gasteiger partial charge in [-0.05, 0) is 48.7 Å². The molecule has 2 rings (SSSR count). The van der Waals surface area contributed by atoms with Gasteiger partial charge in [0.25, 0.3) is 0 Å². The number of benzene rings is 2. The van der Waals surface area contributed by atoms with E-state index >= 15 is 0 Å². The van der Waals surface area contributed by atoms with Crippen molar-refractivity contribution in [2.45, 2.75) is 20.3 Å². The molecule has 0 aliphatic heterocycles. The molecule has 1 nitrogen and oxygen atoms in total. The molecule has 0 fully saturated rings. The van der Waals surface area contributed by atoms with Crippen LogP contribution in [0.15, 0.2) is 36.4 Å². The van der Waals surface area contributed by atoms with Crippen LogP contribution in [-0.2, 0) is 6.42 Å². The van der Waals surface area contributed by atoms with Gasteiger partial charge in [-0.25, -0.2) is 4.39 Å². The van der Waals surface area contributed by atoms with Crippen molar-refractivity contribution in [2.24, 2.45) is 0 Å². The highest BCUT2D eigenvalue weighted by Gasteiger charge is 2.15. The number of carbonyl (C=O) groups excluding carboxylic acids is 1. The molecule has 0 amide bonds. The van der Waals surface area contributed by atoms with Gasteiger partial charge < -0.3 is 0 Å². The van der Waals surface area contributed by atoms with Gasteiger partial charge in [0.15, 0.2) is 5.78 Å². The van der Waals surface area contributed by atoms with Gasteiger partial charge in [-0.15, -0.1) is 0 Å². The van der Waals surface area contributed by atoms with Gasteiger partial charge in [0.05, 0.1) is 0 Å². The Balaban J connectivity index is 2.34. The molecule has 0 aliphatic rings. The molecular formula is C16H14ClFO. The first kappa shape index (κ1) is 13.8. The van der Waals surface area contributed by atoms with Crippen LogP contribution in [0, 0.1) is 19.7 Å². The second kappa shape index (κ2) is 5.54. The largest absolute Gasteiger partial charge is 0.294 e. The normalized spacial score (nSPS) is 10.5. The standard InChI is InChI=1S/C16H14ClFO/c1-10-7-13(18)8-11(2)16(10)15(19)9-12-5-3-4-6-14(12)17/h3-8H,9H2,1-2H3. The summed E-state index contributed by atoms with van der Waals surface area (Å²) in [7, 11) is 0. The highest BCUT2D eigenvalue weighted by Crippen LogP contribution is 2.21. The molecule has 0 saturated carbocycles. The average Bonchev–Trinajstić information content (AvgIpc) is 2.30. The first-order valence-electron chi connectivity index (χ1n) is 6.02. The first-order chi connectivity index (χ1) is 8.99. The van der Waals surface area contributed by atoms with Crippen molar-refractivity contribution in [1.82, 2.24) is 0 Å². The van der Waals surface area contributed by atoms with Crippen LogP contribution in [0.2, 0.25) is 5.02 Å². The third-order valence-corrected chi connectivity index (χ3v) is 3.45. The summed E-state index contributed by atoms with van der Waals surface area (Å²) in [5.41, 5.74) is 2.70. The Hall–Kier alpha value is -1.67. The van der Waals surface area contributed by atoms with E-state index in [4.69, 9.17) is 11.6 Å². The molecule has 0 bridgehead atoms. The number of hydrogen-bond donors (Lipinski definition) is 0. The van der Waals surface area contributed by atoms with Crippen molar-refractivity contribution < 1.29 is 9.18 Å². The zero-order valence-electron chi connectivity index (χ0n) is 10.8. The van der Waals surface area contributed by atoms with E-state index in [0.29, 0.717) is 21.7 Å². The molecule has 0 radical (unpaired) electrons. The van der Waals surface area contributed by atoms with Gasteiger partial charge in [0.1, 0.15) is 5.82 Å². The molecule has 3 heteroatoms. The summed E-state index contributed by atoms with van der Waals surface area (Å²) in [5, 5.41) is 0.577. The van der Waals surface area contributed by atoms with E-state index in [-0.39, 0.29) is 18.0 Å². The lowest BCUT2D eigenvalue weighted by atomic mass is 9.95. The van der Waals surface area contributed by atoms with E-state index < -0.39 is 0 Å². The Labute approximate surface area is 117 Å². The molecule has 0 saturated heterocycles. The van der Waals surface area contributed by atoms with Gasteiger partial charge in [-0.2, -0.15) is 0 Å². The van der Waals surface area contributed by atoms with Crippen molar-refractivity contribution in [3.8, 4) is 0 Å². The van der Waals surface area contributed by atoms with Crippen molar-refractivity contribution >= 4 is 17.4 Å². The number of Topliss-reactive ketones (excluding diaryl/α,β-unsaturated/α-hetero) is 1. The molecule has 0 aromatic heterocycles. The Kier molecular flexibility index (Phi) is 4.01. The lowest BCUT2D eigenvalue weighted by molar-refractivity contribution is 0.0992. The van der Waals surface area contributed by atoms with Gasteiger partial charge in [0, 0.05) is 17.0 Å². The highest BCUT2D eigenvalue weighted by atomic mass is 35.5. The molecule has 0 atom stereocenters. The molecule has 2 aromatic carbocycles. The predicted molar refractivity (Wildman–Crippen MR) is 75.4 cm³/mol. The number of rotatable bonds is 3. The van der Waals surface area contributed by atoms with E-state index in [0.717, 1.165) is 5.56 Å². The number of hydrogen-bond acceptors (Lipinski definition) is 1. The van der Waals surface area contributed by atoms with E-state index in [9.17, 15) is 9.18 Å². The van der Waals surface area contributed by atoms with Crippen molar-refractivity contribution in [1.29, 1.82) is 0 Å². The zero-order valence-corrected chi connectivity index (χ0v) is 11.6. The number of carbonyl (C=O) groups is 1. The van der Waals surface area contributed by atoms with E-state index in [2.05, 4.69) is 0 Å². The fourth-order valence-corrected chi connectivity index (χ4v) is 2.46. The number of halogens is 2. The van der Waals surface area contributed by atoms with Crippen molar-refractivity contribution in [2.75, 3.05) is 0 Å². The molecular weight excluding hydrogens is 263 g/mol. The minimum Gasteiger partial charge on any atom is -0.294 e. The fraction of sp³-hybridized carbons (Fsp3) is 0.188. The summed E-state index contributed by atoms with van der Waals surface area (Å²) >= 11 is 6.05. The maximum Gasteiger partial charge on any atom is 0.167 e. The summed E-state index contributed by atoms with van der Waals surface area (Å²) in [6, 6.07) is 10.0. The Morgan fingerprint density at radius 1 is 1.16 bits per heavy atom. The smallest absolute Gasteiger partial charge is 0.167 e. The van der Waals surface area contributed by atoms with Gasteiger partial charge in [-0.3, -0.25) is 4.79 Å². The monoisotopic (exact) mass is 276 g/mol. The SMILES string of the molecule is Cc1cc(F)cc(C)c1C(=O)Cc1ccccc1Cl. The van der Waals surface area contributed by atoms with Crippen LogP contribution in [0.4, 0.5) is 4.39 Å². The summed E-state index contributed by atoms with van der Waals surface area (Å²) in [6.45, 7) is 3.49. The number of ketones is 1. The van der Waals surface area contributed by atoms with Crippen molar-refractivity contribution in [3.05, 3.63) is 69.5 Å². The summed E-state index contributed by atoms with van der Waals surface area (Å²) in [4.78, 5) is 12.3. The second-order valence-electron chi connectivity index (χ2n) is 4.61. The van der Waals surface area contributed by atoms with Crippen LogP contribution >= 0.6 is 11.6 Å². The van der Waals surface area contributed by atoms with Crippen molar-refractivity contribution in [3.63, 3.8) is 0 Å². The van der Waals surface area contributed by atoms with E-state index in [1.165, 1.54) is 12.1 Å². The number of aryl methyl sites for hydroxylation is 2. The molecule has 0 heterocycles. The molecule has 0 aliphatic carbocycles. The zero-order chi connectivity index (χ0) is 14.0. The first-order valence-corrected chi connectivity index (χ1v) is 6.40. The Morgan fingerprint density at radius 3 is 2.32 bits per heavy atom. The molecule has 0 unspecified atom stereocenters. The van der Waals surface area contributed by atoms with Crippen LogP contribution in [0.3, 0.4) is 0 Å². The van der Waals surface area contributed by atoms with Crippen LogP contribution in [0.5, 0.6) is 0 Å². The summed E-state index contributed by atoms with van der Waals surface area (Å²) in [5.74, 6) is -0.354. The third kappa shape index (κ3) is 3.02. The lowest BCUT2D eigenvalue weighted by Crippen LogP contribution is -2.09. The molecule has 98 valence electrons. The molecule has 2 aromatic rings. The van der Waals surface area contributed by atoms with Gasteiger partial charge in [-0.1, -0.05) is 29.8 Å². The quantitative estimate of drug-likeness (QED) is 0.753. The van der Waals surface area contributed by atoms with Crippen LogP contribution in [-0.4, -0.2) is 5.78 Å². The summed E-state index contributed by atoms with van der Waals surface area (Å²) < 4.78 is 13.2. The maximum atomic E-state index is 13.2. The van der Waals surface area contributed by atoms with Crippen LogP contribution in [0.25, 0.3) is 0 Å².